The Balaban J connectivity index is 2.17. The van der Waals surface area contributed by atoms with Crippen LogP contribution in [0.4, 0.5) is 13.2 Å². The number of nitrogens with two attached hydrogens (primary N) is 1. The van der Waals surface area contributed by atoms with Crippen LogP contribution in [0.15, 0.2) is 18.2 Å². The average Bonchev–Trinajstić information content (AvgIpc) is 2.81. The summed E-state index contributed by atoms with van der Waals surface area (Å²) in [6.45, 7) is 0.0883. The van der Waals surface area contributed by atoms with Gasteiger partial charge in [-0.1, -0.05) is 11.6 Å². The highest BCUT2D eigenvalue weighted by Crippen LogP contribution is 2.47. The summed E-state index contributed by atoms with van der Waals surface area (Å²) >= 11 is 6.83. The van der Waals surface area contributed by atoms with Crippen molar-refractivity contribution in [1.29, 1.82) is 0 Å². The summed E-state index contributed by atoms with van der Waals surface area (Å²) in [7, 11) is 0. The first-order valence-corrected chi connectivity index (χ1v) is 6.93. The fourth-order valence-corrected chi connectivity index (χ4v) is 3.42. The molecule has 8 heteroatoms. The third kappa shape index (κ3) is 2.36. The van der Waals surface area contributed by atoms with Gasteiger partial charge in [0.05, 0.1) is 15.5 Å². The third-order valence-corrected chi connectivity index (χ3v) is 4.59. The van der Waals surface area contributed by atoms with Crippen molar-refractivity contribution in [3.8, 4) is 16.2 Å². The number of hydrogen-bond acceptors (Lipinski definition) is 3. The van der Waals surface area contributed by atoms with Gasteiger partial charge in [-0.3, -0.25) is 4.79 Å². The number of ether oxygens (including phenoxy) is 1. The minimum Gasteiger partial charge on any atom is -0.488 e. The number of carbonyl (C=O) groups is 1. The Labute approximate surface area is 126 Å². The number of thiophene rings is 1. The predicted octanol–water partition coefficient (Wildman–Crippen LogP) is 4.08. The highest BCUT2D eigenvalue weighted by Gasteiger charge is 2.35. The smallest absolute Gasteiger partial charge is 0.417 e. The summed E-state index contributed by atoms with van der Waals surface area (Å²) in [5.74, 6) is -0.494. The van der Waals surface area contributed by atoms with Crippen molar-refractivity contribution >= 4 is 28.8 Å². The second-order valence-electron chi connectivity index (χ2n) is 4.44. The van der Waals surface area contributed by atoms with E-state index in [1.54, 1.807) is 6.07 Å². The van der Waals surface area contributed by atoms with Crippen LogP contribution in [-0.4, -0.2) is 5.91 Å². The molecule has 21 heavy (non-hydrogen) atoms. The van der Waals surface area contributed by atoms with Crippen LogP contribution in [0.5, 0.6) is 5.75 Å². The molecule has 0 saturated carbocycles. The topological polar surface area (TPSA) is 52.3 Å². The summed E-state index contributed by atoms with van der Waals surface area (Å²) in [5, 5.41) is -0.410. The van der Waals surface area contributed by atoms with Gasteiger partial charge in [-0.05, 0) is 18.2 Å². The lowest BCUT2D eigenvalue weighted by Crippen LogP contribution is -2.09. The van der Waals surface area contributed by atoms with E-state index in [9.17, 15) is 18.0 Å². The standard InChI is InChI=1S/C13H7ClF3NO2S/c14-8-2-6-9(3-7(8)13(15,16)17)20-4-5-1-10(12(18)19)21-11(5)6/h1-3H,4H2,(H2,18,19). The SMILES string of the molecule is NC(=O)c1cc2c(s1)-c1cc(Cl)c(C(F)(F)F)cc1OC2. The van der Waals surface area contributed by atoms with Gasteiger partial charge in [-0.25, -0.2) is 0 Å². The van der Waals surface area contributed by atoms with Crippen LogP contribution < -0.4 is 10.5 Å². The number of carbonyl (C=O) groups excluding carboxylic acids is 1. The molecule has 1 amide bonds. The molecular formula is C13H7ClF3NO2S. The molecule has 0 atom stereocenters. The lowest BCUT2D eigenvalue weighted by atomic mass is 10.0. The third-order valence-electron chi connectivity index (χ3n) is 3.05. The van der Waals surface area contributed by atoms with Crippen LogP contribution in [0.2, 0.25) is 5.02 Å². The fourth-order valence-electron chi connectivity index (χ4n) is 2.11. The molecule has 1 aliphatic rings. The first-order chi connectivity index (χ1) is 9.77. The molecule has 0 aliphatic carbocycles. The van der Waals surface area contributed by atoms with Gasteiger partial charge in [-0.2, -0.15) is 13.2 Å². The molecular weight excluding hydrogens is 327 g/mol. The molecule has 0 radical (unpaired) electrons. The first kappa shape index (κ1) is 14.2. The molecule has 2 N–H and O–H groups in total. The van der Waals surface area contributed by atoms with Gasteiger partial charge in [0.1, 0.15) is 12.4 Å². The molecule has 0 bridgehead atoms. The molecule has 0 fully saturated rings. The van der Waals surface area contributed by atoms with E-state index < -0.39 is 22.7 Å². The van der Waals surface area contributed by atoms with Crippen molar-refractivity contribution < 1.29 is 22.7 Å². The minimum absolute atomic E-state index is 0.0883. The maximum Gasteiger partial charge on any atom is 0.417 e. The largest absolute Gasteiger partial charge is 0.488 e. The van der Waals surface area contributed by atoms with Crippen LogP contribution >= 0.6 is 22.9 Å². The quantitative estimate of drug-likeness (QED) is 0.855. The average molecular weight is 334 g/mol. The Morgan fingerprint density at radius 1 is 1.33 bits per heavy atom. The van der Waals surface area contributed by atoms with Crippen molar-refractivity contribution in [2.75, 3.05) is 0 Å². The van der Waals surface area contributed by atoms with Crippen molar-refractivity contribution in [1.82, 2.24) is 0 Å². The zero-order valence-electron chi connectivity index (χ0n) is 10.3. The van der Waals surface area contributed by atoms with Gasteiger partial charge in [0.2, 0.25) is 0 Å². The van der Waals surface area contributed by atoms with E-state index >= 15 is 0 Å². The number of fused-ring (bicyclic) bond motifs is 3. The van der Waals surface area contributed by atoms with Crippen molar-refractivity contribution in [2.24, 2.45) is 5.73 Å². The highest BCUT2D eigenvalue weighted by molar-refractivity contribution is 7.17. The summed E-state index contributed by atoms with van der Waals surface area (Å²) < 4.78 is 43.8. The van der Waals surface area contributed by atoms with Crippen LogP contribution in [0.1, 0.15) is 20.8 Å². The number of rotatable bonds is 1. The maximum absolute atomic E-state index is 12.8. The number of alkyl halides is 3. The monoisotopic (exact) mass is 333 g/mol. The second-order valence-corrected chi connectivity index (χ2v) is 5.90. The zero-order chi connectivity index (χ0) is 15.4. The van der Waals surface area contributed by atoms with E-state index in [1.165, 1.54) is 6.07 Å². The molecule has 2 aromatic rings. The van der Waals surface area contributed by atoms with Crippen LogP contribution in [0.3, 0.4) is 0 Å². The predicted molar refractivity (Wildman–Crippen MR) is 72.6 cm³/mol. The van der Waals surface area contributed by atoms with Crippen LogP contribution in [0, 0.1) is 0 Å². The van der Waals surface area contributed by atoms with E-state index in [0.717, 1.165) is 17.4 Å². The Morgan fingerprint density at radius 2 is 2.05 bits per heavy atom. The summed E-state index contributed by atoms with van der Waals surface area (Å²) in [5.41, 5.74) is 5.41. The number of halogens is 4. The molecule has 0 spiro atoms. The van der Waals surface area contributed by atoms with E-state index in [0.29, 0.717) is 20.9 Å². The minimum atomic E-state index is -4.55. The van der Waals surface area contributed by atoms with E-state index in [2.05, 4.69) is 0 Å². The first-order valence-electron chi connectivity index (χ1n) is 5.74. The number of hydrogen-bond donors (Lipinski definition) is 1. The van der Waals surface area contributed by atoms with E-state index in [4.69, 9.17) is 22.1 Å². The highest BCUT2D eigenvalue weighted by atomic mass is 35.5. The summed E-state index contributed by atoms with van der Waals surface area (Å²) in [6, 6.07) is 3.67. The van der Waals surface area contributed by atoms with Gasteiger partial charge in [-0.15, -0.1) is 11.3 Å². The fraction of sp³-hybridized carbons (Fsp3) is 0.154. The molecule has 1 aromatic carbocycles. The van der Waals surface area contributed by atoms with Crippen molar-refractivity contribution in [3.05, 3.63) is 39.2 Å². The molecule has 0 saturated heterocycles. The molecule has 3 rings (SSSR count). The normalized spacial score (nSPS) is 13.3. The summed E-state index contributed by atoms with van der Waals surface area (Å²) in [4.78, 5) is 12.2. The van der Waals surface area contributed by atoms with Crippen molar-refractivity contribution in [3.63, 3.8) is 0 Å². The number of amides is 1. The Hall–Kier alpha value is -1.73. The number of benzene rings is 1. The number of primary amides is 1. The molecule has 0 unspecified atom stereocenters. The lowest BCUT2D eigenvalue weighted by molar-refractivity contribution is -0.137. The molecule has 3 nitrogen and oxygen atoms in total. The van der Waals surface area contributed by atoms with Gasteiger partial charge in [0.25, 0.3) is 5.91 Å². The summed E-state index contributed by atoms with van der Waals surface area (Å²) in [6.07, 6.45) is -4.55. The molecule has 2 heterocycles. The van der Waals surface area contributed by atoms with Gasteiger partial charge in [0, 0.05) is 16.0 Å². The Kier molecular flexibility index (Phi) is 3.14. The zero-order valence-corrected chi connectivity index (χ0v) is 11.8. The maximum atomic E-state index is 12.8. The Bertz CT molecular complexity index is 755. The second kappa shape index (κ2) is 4.64. The molecule has 110 valence electrons. The van der Waals surface area contributed by atoms with E-state index in [-0.39, 0.29) is 12.4 Å². The molecule has 1 aromatic heterocycles. The van der Waals surface area contributed by atoms with Crippen LogP contribution in [0.25, 0.3) is 10.4 Å². The van der Waals surface area contributed by atoms with Crippen LogP contribution in [-0.2, 0) is 12.8 Å². The molecule has 1 aliphatic heterocycles. The van der Waals surface area contributed by atoms with Gasteiger partial charge >= 0.3 is 6.18 Å². The van der Waals surface area contributed by atoms with E-state index in [1.807, 2.05) is 0 Å². The Morgan fingerprint density at radius 3 is 2.67 bits per heavy atom. The lowest BCUT2D eigenvalue weighted by Gasteiger charge is -2.20. The van der Waals surface area contributed by atoms with Gasteiger partial charge < -0.3 is 10.5 Å². The van der Waals surface area contributed by atoms with Gasteiger partial charge in [0.15, 0.2) is 0 Å². The van der Waals surface area contributed by atoms with Crippen molar-refractivity contribution in [2.45, 2.75) is 12.8 Å².